The molecule has 2 rings (SSSR count). The van der Waals surface area contributed by atoms with Crippen LogP contribution in [0.3, 0.4) is 0 Å². The van der Waals surface area contributed by atoms with Gasteiger partial charge in [0.15, 0.2) is 5.82 Å². The van der Waals surface area contributed by atoms with E-state index in [2.05, 4.69) is 10.3 Å². The number of amides is 1. The summed E-state index contributed by atoms with van der Waals surface area (Å²) in [4.78, 5) is 26.1. The largest absolute Gasteiger partial charge is 0.475 e. The third kappa shape index (κ3) is 3.35. The highest BCUT2D eigenvalue weighted by atomic mass is 16.5. The van der Waals surface area contributed by atoms with Crippen LogP contribution in [0.2, 0.25) is 0 Å². The van der Waals surface area contributed by atoms with Gasteiger partial charge in [0.25, 0.3) is 0 Å². The van der Waals surface area contributed by atoms with Crippen LogP contribution >= 0.6 is 0 Å². The van der Waals surface area contributed by atoms with Crippen molar-refractivity contribution in [2.24, 2.45) is 7.05 Å². The summed E-state index contributed by atoms with van der Waals surface area (Å²) in [5.41, 5.74) is 0.856. The highest BCUT2D eigenvalue weighted by Crippen LogP contribution is 2.08. The van der Waals surface area contributed by atoms with Crippen molar-refractivity contribution in [3.8, 4) is 0 Å². The van der Waals surface area contributed by atoms with E-state index in [-0.39, 0.29) is 18.2 Å². The molecule has 0 radical (unpaired) electrons. The topological polar surface area (TPSA) is 93.5 Å². The molecule has 1 amide bonds. The van der Waals surface area contributed by atoms with E-state index < -0.39 is 12.1 Å². The number of aryl methyl sites for hydroxylation is 1. The van der Waals surface area contributed by atoms with Crippen molar-refractivity contribution in [3.05, 3.63) is 47.9 Å². The Morgan fingerprint density at radius 3 is 2.65 bits per heavy atom. The van der Waals surface area contributed by atoms with E-state index in [0.717, 1.165) is 5.56 Å². The van der Waals surface area contributed by atoms with Gasteiger partial charge in [-0.3, -0.25) is 5.32 Å². The number of benzene rings is 1. The lowest BCUT2D eigenvalue weighted by atomic mass is 10.2. The van der Waals surface area contributed by atoms with Crippen LogP contribution in [0.15, 0.2) is 36.5 Å². The van der Waals surface area contributed by atoms with E-state index in [1.54, 1.807) is 0 Å². The number of aromatic carboxylic acids is 1. The number of aromatic nitrogens is 2. The fourth-order valence-corrected chi connectivity index (χ4v) is 1.59. The fraction of sp³-hybridized carbons (Fsp3) is 0.154. The number of carboxylic acids is 1. The maximum atomic E-state index is 11.5. The molecule has 20 heavy (non-hydrogen) atoms. The standard InChI is InChI=1S/C13H13N3O4/c1-16-7-10(14-11(16)12(17)18)15-13(19)20-8-9-5-3-2-4-6-9/h2-7H,8H2,1H3,(H,15,19)(H,17,18). The maximum absolute atomic E-state index is 11.5. The lowest BCUT2D eigenvalue weighted by Crippen LogP contribution is -2.14. The predicted octanol–water partition coefficient (Wildman–Crippen LogP) is 1.87. The van der Waals surface area contributed by atoms with Crippen LogP contribution in [0.4, 0.5) is 10.6 Å². The van der Waals surface area contributed by atoms with Crippen LogP contribution in [0.1, 0.15) is 16.2 Å². The second kappa shape index (κ2) is 5.87. The minimum Gasteiger partial charge on any atom is -0.475 e. The Hall–Kier alpha value is -2.83. The van der Waals surface area contributed by atoms with Crippen LogP contribution in [-0.4, -0.2) is 26.7 Å². The van der Waals surface area contributed by atoms with Crippen LogP contribution in [0.25, 0.3) is 0 Å². The quantitative estimate of drug-likeness (QED) is 0.888. The summed E-state index contributed by atoms with van der Waals surface area (Å²) in [7, 11) is 1.52. The molecule has 0 aliphatic carbocycles. The van der Waals surface area contributed by atoms with E-state index >= 15 is 0 Å². The number of rotatable bonds is 4. The number of carbonyl (C=O) groups excluding carboxylic acids is 1. The molecule has 1 aromatic heterocycles. The molecule has 0 aliphatic heterocycles. The van der Waals surface area contributed by atoms with Crippen molar-refractivity contribution in [3.63, 3.8) is 0 Å². The zero-order valence-electron chi connectivity index (χ0n) is 10.7. The summed E-state index contributed by atoms with van der Waals surface area (Å²) in [5, 5.41) is 11.2. The molecule has 0 atom stereocenters. The van der Waals surface area contributed by atoms with Gasteiger partial charge in [-0.25, -0.2) is 14.6 Å². The molecule has 0 spiro atoms. The van der Waals surface area contributed by atoms with Gasteiger partial charge in [0, 0.05) is 13.2 Å². The van der Waals surface area contributed by atoms with Gasteiger partial charge in [0.2, 0.25) is 5.82 Å². The lowest BCUT2D eigenvalue weighted by molar-refractivity contribution is 0.0679. The zero-order valence-corrected chi connectivity index (χ0v) is 10.7. The number of hydrogen-bond donors (Lipinski definition) is 2. The molecule has 1 heterocycles. The molecule has 0 aliphatic rings. The highest BCUT2D eigenvalue weighted by molar-refractivity contribution is 5.87. The van der Waals surface area contributed by atoms with E-state index in [1.807, 2.05) is 30.3 Å². The van der Waals surface area contributed by atoms with Crippen LogP contribution in [-0.2, 0) is 18.4 Å². The average molecular weight is 275 g/mol. The summed E-state index contributed by atoms with van der Waals surface area (Å²) < 4.78 is 6.30. The highest BCUT2D eigenvalue weighted by Gasteiger charge is 2.14. The molecule has 0 bridgehead atoms. The smallest absolute Gasteiger partial charge is 0.413 e. The van der Waals surface area contributed by atoms with Crippen molar-refractivity contribution in [1.82, 2.24) is 9.55 Å². The maximum Gasteiger partial charge on any atom is 0.413 e. The number of nitrogens with one attached hydrogen (secondary N) is 1. The molecule has 0 unspecified atom stereocenters. The van der Waals surface area contributed by atoms with Gasteiger partial charge in [-0.1, -0.05) is 30.3 Å². The monoisotopic (exact) mass is 275 g/mol. The molecule has 0 fully saturated rings. The SMILES string of the molecule is Cn1cc(NC(=O)OCc2ccccc2)nc1C(=O)O. The van der Waals surface area contributed by atoms with Gasteiger partial charge in [0.05, 0.1) is 0 Å². The Labute approximate surface area is 114 Å². The minimum atomic E-state index is -1.17. The van der Waals surface area contributed by atoms with Gasteiger partial charge >= 0.3 is 12.1 Å². The Morgan fingerprint density at radius 1 is 1.35 bits per heavy atom. The Morgan fingerprint density at radius 2 is 2.05 bits per heavy atom. The predicted molar refractivity (Wildman–Crippen MR) is 70.4 cm³/mol. The number of carbonyl (C=O) groups is 2. The number of anilines is 1. The first-order chi connectivity index (χ1) is 9.56. The molecule has 2 aromatic rings. The van der Waals surface area contributed by atoms with E-state index in [1.165, 1.54) is 17.8 Å². The summed E-state index contributed by atoms with van der Waals surface area (Å²) >= 11 is 0. The first-order valence-electron chi connectivity index (χ1n) is 5.80. The van der Waals surface area contributed by atoms with E-state index in [9.17, 15) is 9.59 Å². The van der Waals surface area contributed by atoms with Gasteiger partial charge < -0.3 is 14.4 Å². The molecular formula is C13H13N3O4. The van der Waals surface area contributed by atoms with E-state index in [4.69, 9.17) is 9.84 Å². The molecule has 2 N–H and O–H groups in total. The van der Waals surface area contributed by atoms with Crippen molar-refractivity contribution in [2.45, 2.75) is 6.61 Å². The number of ether oxygens (including phenoxy) is 1. The molecular weight excluding hydrogens is 262 g/mol. The van der Waals surface area contributed by atoms with Crippen molar-refractivity contribution < 1.29 is 19.4 Å². The molecule has 7 nitrogen and oxygen atoms in total. The Bertz CT molecular complexity index is 622. The summed E-state index contributed by atoms with van der Waals surface area (Å²) in [6.45, 7) is 0.130. The number of hydrogen-bond acceptors (Lipinski definition) is 4. The van der Waals surface area contributed by atoms with Crippen molar-refractivity contribution in [1.29, 1.82) is 0 Å². The Balaban J connectivity index is 1.92. The summed E-state index contributed by atoms with van der Waals surface area (Å²) in [5.74, 6) is -1.20. The molecule has 7 heteroatoms. The molecule has 0 saturated heterocycles. The first kappa shape index (κ1) is 13.6. The fourth-order valence-electron chi connectivity index (χ4n) is 1.59. The lowest BCUT2D eigenvalue weighted by Gasteiger charge is -2.04. The summed E-state index contributed by atoms with van der Waals surface area (Å²) in [6, 6.07) is 9.21. The molecule has 0 saturated carbocycles. The second-order valence-electron chi connectivity index (χ2n) is 4.05. The number of carboxylic acid groups (broad SMARTS) is 1. The van der Waals surface area contributed by atoms with Crippen LogP contribution in [0.5, 0.6) is 0 Å². The normalized spacial score (nSPS) is 10.1. The van der Waals surface area contributed by atoms with E-state index in [0.29, 0.717) is 0 Å². The average Bonchev–Trinajstić information content (AvgIpc) is 2.78. The van der Waals surface area contributed by atoms with Crippen molar-refractivity contribution >= 4 is 17.9 Å². The van der Waals surface area contributed by atoms with Gasteiger partial charge in [-0.15, -0.1) is 0 Å². The van der Waals surface area contributed by atoms with Gasteiger partial charge in [-0.05, 0) is 5.56 Å². The summed E-state index contributed by atoms with van der Waals surface area (Å²) in [6.07, 6.45) is 0.705. The third-order valence-electron chi connectivity index (χ3n) is 2.51. The molecule has 1 aromatic carbocycles. The van der Waals surface area contributed by atoms with Gasteiger partial charge in [0.1, 0.15) is 6.61 Å². The minimum absolute atomic E-state index is 0.128. The van der Waals surface area contributed by atoms with Gasteiger partial charge in [-0.2, -0.15) is 0 Å². The second-order valence-corrected chi connectivity index (χ2v) is 4.05. The van der Waals surface area contributed by atoms with Crippen LogP contribution < -0.4 is 5.32 Å². The molecule has 104 valence electrons. The first-order valence-corrected chi connectivity index (χ1v) is 5.80. The van der Waals surface area contributed by atoms with Crippen LogP contribution in [0, 0.1) is 0 Å². The van der Waals surface area contributed by atoms with Crippen molar-refractivity contribution in [2.75, 3.05) is 5.32 Å². The number of imidazole rings is 1. The number of nitrogens with zero attached hydrogens (tertiary/aromatic N) is 2. The third-order valence-corrected chi connectivity index (χ3v) is 2.51. The Kier molecular flexibility index (Phi) is 3.99. The zero-order chi connectivity index (χ0) is 14.5.